The van der Waals surface area contributed by atoms with Gasteiger partial charge in [-0.15, -0.1) is 0 Å². The van der Waals surface area contributed by atoms with Gasteiger partial charge in [0, 0.05) is 0 Å². The first-order valence-corrected chi connectivity index (χ1v) is 23.5. The molecule has 0 aromatic heterocycles. The monoisotopic (exact) mass is 741 g/mol. The Bertz CT molecular complexity index is 704. The van der Waals surface area contributed by atoms with Crippen LogP contribution in [0.1, 0.15) is 245 Å². The summed E-state index contributed by atoms with van der Waals surface area (Å²) in [5, 5.41) is 40.3. The molecule has 1 aliphatic heterocycles. The van der Waals surface area contributed by atoms with Gasteiger partial charge >= 0.3 is 0 Å². The molecule has 1 saturated heterocycles. The Morgan fingerprint density at radius 2 is 0.692 bits per heavy atom. The molecule has 4 N–H and O–H groups in total. The topological polar surface area (TPSA) is 99.4 Å². The van der Waals surface area contributed by atoms with Gasteiger partial charge in [0.1, 0.15) is 24.4 Å². The Morgan fingerprint density at radius 1 is 0.404 bits per heavy atom. The lowest BCUT2D eigenvalue weighted by molar-refractivity contribution is -0.303. The second-order valence-electron chi connectivity index (χ2n) is 16.8. The van der Waals surface area contributed by atoms with Crippen molar-refractivity contribution in [2.45, 2.75) is 276 Å². The minimum atomic E-state index is -1.38. The van der Waals surface area contributed by atoms with Crippen molar-refractivity contribution in [3.63, 3.8) is 0 Å². The Hall–Kier alpha value is -0.240. The van der Waals surface area contributed by atoms with Gasteiger partial charge in [-0.3, -0.25) is 0 Å². The van der Waals surface area contributed by atoms with Crippen LogP contribution in [0.4, 0.5) is 0 Å². The molecule has 0 aromatic rings. The Labute approximate surface area is 324 Å². The smallest absolute Gasteiger partial charge is 0.186 e. The van der Waals surface area contributed by atoms with Crippen LogP contribution in [-0.4, -0.2) is 64.3 Å². The van der Waals surface area contributed by atoms with Crippen LogP contribution in [0.2, 0.25) is 0 Å². The zero-order valence-corrected chi connectivity index (χ0v) is 34.9. The SMILES string of the molecule is CCCCCCCCCCCCCCCCCCCCCCC(CCCCCCCCCCCCCCCC)CO[C@H]1O[C@H](CO)[C@H](O)[C@H](O)[C@H]1O. The number of aliphatic hydroxyl groups is 4. The van der Waals surface area contributed by atoms with Gasteiger partial charge in [-0.25, -0.2) is 0 Å². The van der Waals surface area contributed by atoms with E-state index in [1.54, 1.807) is 0 Å². The normalized spacial score (nSPS) is 21.2. The molecule has 0 amide bonds. The second-order valence-corrected chi connectivity index (χ2v) is 16.8. The van der Waals surface area contributed by atoms with Gasteiger partial charge in [0.2, 0.25) is 0 Å². The summed E-state index contributed by atoms with van der Waals surface area (Å²) in [6.07, 6.45) is 43.0. The summed E-state index contributed by atoms with van der Waals surface area (Å²) < 4.78 is 11.6. The van der Waals surface area contributed by atoms with Crippen molar-refractivity contribution in [2.24, 2.45) is 5.92 Å². The fraction of sp³-hybridized carbons (Fsp3) is 1.00. The van der Waals surface area contributed by atoms with Gasteiger partial charge in [-0.1, -0.05) is 232 Å². The molecular formula is C46H92O6. The van der Waals surface area contributed by atoms with Crippen LogP contribution >= 0.6 is 0 Å². The lowest BCUT2D eigenvalue weighted by atomic mass is 9.94. The molecular weight excluding hydrogens is 649 g/mol. The third-order valence-corrected chi connectivity index (χ3v) is 11.8. The minimum absolute atomic E-state index is 0.389. The summed E-state index contributed by atoms with van der Waals surface area (Å²) in [4.78, 5) is 0. The van der Waals surface area contributed by atoms with E-state index >= 15 is 0 Å². The van der Waals surface area contributed by atoms with Crippen LogP contribution in [0.15, 0.2) is 0 Å². The highest BCUT2D eigenvalue weighted by Crippen LogP contribution is 2.26. The summed E-state index contributed by atoms with van der Waals surface area (Å²) >= 11 is 0. The molecule has 6 nitrogen and oxygen atoms in total. The van der Waals surface area contributed by atoms with E-state index in [4.69, 9.17) is 9.47 Å². The third-order valence-electron chi connectivity index (χ3n) is 11.8. The number of aliphatic hydroxyl groups excluding tert-OH is 4. The summed E-state index contributed by atoms with van der Waals surface area (Å²) in [5.41, 5.74) is 0. The van der Waals surface area contributed by atoms with E-state index in [0.29, 0.717) is 12.5 Å². The first-order chi connectivity index (χ1) is 25.5. The fourth-order valence-electron chi connectivity index (χ4n) is 8.06. The Kier molecular flexibility index (Phi) is 36.1. The summed E-state index contributed by atoms with van der Waals surface area (Å²) in [5.74, 6) is 0.389. The predicted octanol–water partition coefficient (Wildman–Crippen LogP) is 12.5. The summed E-state index contributed by atoms with van der Waals surface area (Å²) in [6, 6.07) is 0. The number of hydrogen-bond acceptors (Lipinski definition) is 6. The Balaban J connectivity index is 2.16. The molecule has 312 valence electrons. The maximum Gasteiger partial charge on any atom is 0.186 e. The first kappa shape index (κ1) is 49.8. The molecule has 52 heavy (non-hydrogen) atoms. The zero-order valence-electron chi connectivity index (χ0n) is 34.9. The molecule has 0 radical (unpaired) electrons. The molecule has 0 saturated carbocycles. The van der Waals surface area contributed by atoms with Crippen LogP contribution in [0.25, 0.3) is 0 Å². The van der Waals surface area contributed by atoms with Crippen molar-refractivity contribution < 1.29 is 29.9 Å². The van der Waals surface area contributed by atoms with Crippen LogP contribution in [-0.2, 0) is 9.47 Å². The van der Waals surface area contributed by atoms with Crippen molar-refractivity contribution in [2.75, 3.05) is 13.2 Å². The van der Waals surface area contributed by atoms with Gasteiger partial charge in [-0.2, -0.15) is 0 Å². The molecule has 1 rings (SSSR count). The van der Waals surface area contributed by atoms with E-state index in [2.05, 4.69) is 13.8 Å². The molecule has 1 fully saturated rings. The van der Waals surface area contributed by atoms with Crippen molar-refractivity contribution in [1.29, 1.82) is 0 Å². The molecule has 0 aromatic carbocycles. The van der Waals surface area contributed by atoms with Crippen LogP contribution in [0, 0.1) is 5.92 Å². The van der Waals surface area contributed by atoms with E-state index in [-0.39, 0.29) is 0 Å². The summed E-state index contributed by atoms with van der Waals surface area (Å²) in [6.45, 7) is 4.62. The molecule has 0 spiro atoms. The molecule has 0 aliphatic carbocycles. The standard InChI is InChI=1S/C46H92O6/c1-3-5-7-9-11-13-15-17-19-20-21-22-23-24-26-28-30-32-34-36-38-41(40-51-46-45(50)44(49)43(48)42(39-47)52-46)37-35-33-31-29-27-25-18-16-14-12-10-8-6-4-2/h41-50H,3-40H2,1-2H3/t41?,42-,43+,44+,45-,46+/m1/s1. The van der Waals surface area contributed by atoms with E-state index in [9.17, 15) is 20.4 Å². The number of rotatable bonds is 40. The maximum absolute atomic E-state index is 10.5. The van der Waals surface area contributed by atoms with Gasteiger partial charge < -0.3 is 29.9 Å². The van der Waals surface area contributed by atoms with Crippen LogP contribution < -0.4 is 0 Å². The van der Waals surface area contributed by atoms with Crippen LogP contribution in [0.3, 0.4) is 0 Å². The quantitative estimate of drug-likeness (QED) is 0.0467. The molecule has 6 heteroatoms. The molecule has 6 atom stereocenters. The van der Waals surface area contributed by atoms with Gasteiger partial charge in [0.05, 0.1) is 13.2 Å². The lowest BCUT2D eigenvalue weighted by Crippen LogP contribution is -2.59. The van der Waals surface area contributed by atoms with Gasteiger partial charge in [0.15, 0.2) is 6.29 Å². The van der Waals surface area contributed by atoms with Gasteiger partial charge in [-0.05, 0) is 18.8 Å². The molecule has 1 aliphatic rings. The zero-order chi connectivity index (χ0) is 37.7. The summed E-state index contributed by atoms with van der Waals surface area (Å²) in [7, 11) is 0. The van der Waals surface area contributed by atoms with Crippen molar-refractivity contribution >= 4 is 0 Å². The van der Waals surface area contributed by atoms with Gasteiger partial charge in [0.25, 0.3) is 0 Å². The van der Waals surface area contributed by atoms with E-state index in [0.717, 1.165) is 12.8 Å². The predicted molar refractivity (Wildman–Crippen MR) is 221 cm³/mol. The molecule has 1 heterocycles. The van der Waals surface area contributed by atoms with Crippen molar-refractivity contribution in [3.05, 3.63) is 0 Å². The molecule has 1 unspecified atom stereocenters. The maximum atomic E-state index is 10.5. The number of hydrogen-bond donors (Lipinski definition) is 4. The van der Waals surface area contributed by atoms with E-state index < -0.39 is 37.3 Å². The molecule has 0 bridgehead atoms. The lowest BCUT2D eigenvalue weighted by Gasteiger charge is -2.40. The average Bonchev–Trinajstić information content (AvgIpc) is 3.15. The first-order valence-electron chi connectivity index (χ1n) is 23.5. The highest BCUT2D eigenvalue weighted by atomic mass is 16.7. The largest absolute Gasteiger partial charge is 0.394 e. The highest BCUT2D eigenvalue weighted by molar-refractivity contribution is 4.89. The number of unbranched alkanes of at least 4 members (excludes halogenated alkanes) is 32. The highest BCUT2D eigenvalue weighted by Gasteiger charge is 2.44. The van der Waals surface area contributed by atoms with Crippen molar-refractivity contribution in [3.8, 4) is 0 Å². The van der Waals surface area contributed by atoms with Crippen LogP contribution in [0.5, 0.6) is 0 Å². The minimum Gasteiger partial charge on any atom is -0.394 e. The Morgan fingerprint density at radius 3 is 0.981 bits per heavy atom. The van der Waals surface area contributed by atoms with E-state index in [1.165, 1.54) is 218 Å². The fourth-order valence-corrected chi connectivity index (χ4v) is 8.06. The third kappa shape index (κ3) is 28.2. The number of ether oxygens (including phenoxy) is 2. The average molecular weight is 741 g/mol. The van der Waals surface area contributed by atoms with Crippen molar-refractivity contribution in [1.82, 2.24) is 0 Å². The van der Waals surface area contributed by atoms with E-state index in [1.807, 2.05) is 0 Å². The second kappa shape index (κ2) is 37.7.